The molecule has 0 saturated carbocycles. The molecule has 0 bridgehead atoms. The second-order valence-corrected chi connectivity index (χ2v) is 4.19. The SMILES string of the molecule is CC(=O)CC(C)(C)Oc1ccc(F)cc1. The number of rotatable bonds is 4. The summed E-state index contributed by atoms with van der Waals surface area (Å²) in [5, 5.41) is 0. The van der Waals surface area contributed by atoms with Gasteiger partial charge in [-0.1, -0.05) is 0 Å². The molecule has 0 atom stereocenters. The number of benzene rings is 1. The lowest BCUT2D eigenvalue weighted by Crippen LogP contribution is -2.30. The Morgan fingerprint density at radius 2 is 1.87 bits per heavy atom. The molecule has 1 aromatic carbocycles. The van der Waals surface area contributed by atoms with Crippen LogP contribution in [0.1, 0.15) is 27.2 Å². The minimum Gasteiger partial charge on any atom is -0.487 e. The molecule has 2 nitrogen and oxygen atoms in total. The van der Waals surface area contributed by atoms with Gasteiger partial charge in [0.2, 0.25) is 0 Å². The number of Topliss-reactive ketones (excluding diaryl/α,β-unsaturated/α-hetero) is 1. The first kappa shape index (κ1) is 11.7. The molecule has 0 radical (unpaired) electrons. The van der Waals surface area contributed by atoms with Crippen molar-refractivity contribution in [3.8, 4) is 5.75 Å². The van der Waals surface area contributed by atoms with Gasteiger partial charge in [0, 0.05) is 6.42 Å². The summed E-state index contributed by atoms with van der Waals surface area (Å²) in [6.07, 6.45) is 0.338. The molecule has 0 fully saturated rings. The van der Waals surface area contributed by atoms with Crippen LogP contribution in [0, 0.1) is 5.82 Å². The molecule has 1 aromatic rings. The highest BCUT2D eigenvalue weighted by Crippen LogP contribution is 2.21. The fourth-order valence-corrected chi connectivity index (χ4v) is 1.46. The summed E-state index contributed by atoms with van der Waals surface area (Å²) >= 11 is 0. The largest absolute Gasteiger partial charge is 0.487 e. The lowest BCUT2D eigenvalue weighted by molar-refractivity contribution is -0.120. The second kappa shape index (κ2) is 4.43. The van der Waals surface area contributed by atoms with Gasteiger partial charge in [0.25, 0.3) is 0 Å². The third kappa shape index (κ3) is 4.11. The topological polar surface area (TPSA) is 26.3 Å². The Bertz CT molecular complexity index is 341. The van der Waals surface area contributed by atoms with Crippen molar-refractivity contribution in [2.45, 2.75) is 32.8 Å². The number of hydrogen-bond acceptors (Lipinski definition) is 2. The third-order valence-corrected chi connectivity index (χ3v) is 1.88. The zero-order valence-electron chi connectivity index (χ0n) is 9.21. The van der Waals surface area contributed by atoms with Crippen molar-refractivity contribution in [2.24, 2.45) is 0 Å². The normalized spacial score (nSPS) is 11.2. The van der Waals surface area contributed by atoms with E-state index in [9.17, 15) is 9.18 Å². The van der Waals surface area contributed by atoms with Gasteiger partial charge in [0.15, 0.2) is 0 Å². The Morgan fingerprint density at radius 3 is 2.33 bits per heavy atom. The van der Waals surface area contributed by atoms with Crippen LogP contribution in [0.3, 0.4) is 0 Å². The zero-order chi connectivity index (χ0) is 11.5. The molecule has 0 amide bonds. The number of ketones is 1. The maximum Gasteiger partial charge on any atom is 0.133 e. The third-order valence-electron chi connectivity index (χ3n) is 1.88. The van der Waals surface area contributed by atoms with Gasteiger partial charge in [0.1, 0.15) is 23.0 Å². The Hall–Kier alpha value is -1.38. The lowest BCUT2D eigenvalue weighted by atomic mass is 10.0. The van der Waals surface area contributed by atoms with Gasteiger partial charge in [-0.05, 0) is 45.0 Å². The van der Waals surface area contributed by atoms with E-state index in [-0.39, 0.29) is 11.6 Å². The molecule has 3 heteroatoms. The molecule has 0 aromatic heterocycles. The van der Waals surface area contributed by atoms with E-state index < -0.39 is 5.60 Å². The van der Waals surface area contributed by atoms with Gasteiger partial charge in [-0.3, -0.25) is 4.79 Å². The van der Waals surface area contributed by atoms with Crippen LogP contribution in [-0.4, -0.2) is 11.4 Å². The van der Waals surface area contributed by atoms with Gasteiger partial charge in [-0.2, -0.15) is 0 Å². The summed E-state index contributed by atoms with van der Waals surface area (Å²) in [5.41, 5.74) is -0.552. The number of hydrogen-bond donors (Lipinski definition) is 0. The van der Waals surface area contributed by atoms with Gasteiger partial charge in [-0.15, -0.1) is 0 Å². The van der Waals surface area contributed by atoms with Crippen LogP contribution < -0.4 is 4.74 Å². The number of carbonyl (C=O) groups is 1. The molecular formula is C12H15FO2. The molecular weight excluding hydrogens is 195 g/mol. The fourth-order valence-electron chi connectivity index (χ4n) is 1.46. The minimum atomic E-state index is -0.552. The summed E-state index contributed by atoms with van der Waals surface area (Å²) in [6.45, 7) is 5.19. The van der Waals surface area contributed by atoms with Crippen LogP contribution in [0.5, 0.6) is 5.75 Å². The fraction of sp³-hybridized carbons (Fsp3) is 0.417. The van der Waals surface area contributed by atoms with E-state index in [4.69, 9.17) is 4.74 Å². The first-order valence-electron chi connectivity index (χ1n) is 4.83. The predicted octanol–water partition coefficient (Wildman–Crippen LogP) is 2.96. The molecule has 1 rings (SSSR count). The highest BCUT2D eigenvalue weighted by atomic mass is 19.1. The Kier molecular flexibility index (Phi) is 3.45. The summed E-state index contributed by atoms with van der Waals surface area (Å²) in [6, 6.07) is 5.77. The Morgan fingerprint density at radius 1 is 1.33 bits per heavy atom. The van der Waals surface area contributed by atoms with Crippen LogP contribution in [0.15, 0.2) is 24.3 Å². The van der Waals surface area contributed by atoms with E-state index >= 15 is 0 Å². The van der Waals surface area contributed by atoms with Crippen molar-refractivity contribution in [3.63, 3.8) is 0 Å². The highest BCUT2D eigenvalue weighted by molar-refractivity contribution is 5.76. The van der Waals surface area contributed by atoms with Gasteiger partial charge in [0.05, 0.1) is 0 Å². The molecule has 0 N–H and O–H groups in total. The second-order valence-electron chi connectivity index (χ2n) is 4.19. The van der Waals surface area contributed by atoms with Gasteiger partial charge in [-0.25, -0.2) is 4.39 Å². The summed E-state index contributed by atoms with van der Waals surface area (Å²) < 4.78 is 18.2. The maximum absolute atomic E-state index is 12.6. The molecule has 82 valence electrons. The molecule has 0 aliphatic carbocycles. The molecule has 0 aliphatic rings. The van der Waals surface area contributed by atoms with Crippen LogP contribution in [-0.2, 0) is 4.79 Å². The van der Waals surface area contributed by atoms with Gasteiger partial charge < -0.3 is 4.74 Å². The van der Waals surface area contributed by atoms with Crippen LogP contribution >= 0.6 is 0 Å². The standard InChI is InChI=1S/C12H15FO2/c1-9(14)8-12(2,3)15-11-6-4-10(13)5-7-11/h4-7H,8H2,1-3H3. The zero-order valence-corrected chi connectivity index (χ0v) is 9.21. The van der Waals surface area contributed by atoms with Crippen LogP contribution in [0.4, 0.5) is 4.39 Å². The van der Waals surface area contributed by atoms with Crippen LogP contribution in [0.2, 0.25) is 0 Å². The Balaban J connectivity index is 2.68. The molecule has 0 unspecified atom stereocenters. The van der Waals surface area contributed by atoms with Gasteiger partial charge >= 0.3 is 0 Å². The average molecular weight is 210 g/mol. The van der Waals surface area contributed by atoms with Crippen molar-refractivity contribution in [1.29, 1.82) is 0 Å². The predicted molar refractivity (Wildman–Crippen MR) is 56.4 cm³/mol. The van der Waals surface area contributed by atoms with E-state index in [1.54, 1.807) is 12.1 Å². The smallest absolute Gasteiger partial charge is 0.133 e. The van der Waals surface area contributed by atoms with Crippen molar-refractivity contribution in [3.05, 3.63) is 30.1 Å². The Labute approximate surface area is 89.1 Å². The van der Waals surface area contributed by atoms with Crippen molar-refractivity contribution >= 4 is 5.78 Å². The van der Waals surface area contributed by atoms with E-state index in [2.05, 4.69) is 0 Å². The molecule has 0 heterocycles. The first-order valence-corrected chi connectivity index (χ1v) is 4.83. The number of carbonyl (C=O) groups excluding carboxylic acids is 1. The molecule has 15 heavy (non-hydrogen) atoms. The minimum absolute atomic E-state index is 0.0714. The van der Waals surface area contributed by atoms with E-state index in [0.29, 0.717) is 12.2 Å². The molecule has 0 aliphatic heterocycles. The molecule has 0 saturated heterocycles. The average Bonchev–Trinajstić information content (AvgIpc) is 2.06. The monoisotopic (exact) mass is 210 g/mol. The maximum atomic E-state index is 12.6. The quantitative estimate of drug-likeness (QED) is 0.763. The highest BCUT2D eigenvalue weighted by Gasteiger charge is 2.21. The lowest BCUT2D eigenvalue weighted by Gasteiger charge is -2.25. The number of ether oxygens (including phenoxy) is 1. The molecule has 0 spiro atoms. The van der Waals surface area contributed by atoms with Crippen molar-refractivity contribution in [2.75, 3.05) is 0 Å². The summed E-state index contributed by atoms with van der Waals surface area (Å²) in [4.78, 5) is 11.0. The van der Waals surface area contributed by atoms with Crippen LogP contribution in [0.25, 0.3) is 0 Å². The first-order chi connectivity index (χ1) is 6.89. The van der Waals surface area contributed by atoms with E-state index in [1.165, 1.54) is 19.1 Å². The summed E-state index contributed by atoms with van der Waals surface area (Å²) in [5.74, 6) is 0.344. The number of halogens is 1. The van der Waals surface area contributed by atoms with Crippen molar-refractivity contribution in [1.82, 2.24) is 0 Å². The van der Waals surface area contributed by atoms with E-state index in [0.717, 1.165) is 0 Å². The van der Waals surface area contributed by atoms with E-state index in [1.807, 2.05) is 13.8 Å². The summed E-state index contributed by atoms with van der Waals surface area (Å²) in [7, 11) is 0. The van der Waals surface area contributed by atoms with Crippen molar-refractivity contribution < 1.29 is 13.9 Å².